The van der Waals surface area contributed by atoms with Crippen LogP contribution in [0.2, 0.25) is 0 Å². The Morgan fingerprint density at radius 2 is 1.83 bits per heavy atom. The number of carbonyl (C=O) groups is 2. The molecular formula is C23H28FN3O2. The second-order valence-electron chi connectivity index (χ2n) is 7.23. The summed E-state index contributed by atoms with van der Waals surface area (Å²) in [4.78, 5) is 28.8. The van der Waals surface area contributed by atoms with Crippen molar-refractivity contribution in [3.63, 3.8) is 0 Å². The van der Waals surface area contributed by atoms with Crippen LogP contribution in [-0.2, 0) is 16.0 Å². The molecule has 2 aromatic carbocycles. The molecule has 29 heavy (non-hydrogen) atoms. The minimum absolute atomic E-state index is 0.0464. The summed E-state index contributed by atoms with van der Waals surface area (Å²) in [6.07, 6.45) is 0.624. The minimum Gasteiger partial charge on any atom is -0.372 e. The van der Waals surface area contributed by atoms with Gasteiger partial charge in [0.25, 0.3) is 0 Å². The second kappa shape index (κ2) is 9.54. The molecule has 1 aliphatic heterocycles. The molecule has 0 saturated carbocycles. The Kier molecular flexibility index (Phi) is 6.86. The number of carbonyl (C=O) groups excluding carboxylic acids is 2. The highest BCUT2D eigenvalue weighted by molar-refractivity contribution is 6.00. The van der Waals surface area contributed by atoms with Gasteiger partial charge in [-0.05, 0) is 56.2 Å². The molecule has 3 rings (SSSR count). The van der Waals surface area contributed by atoms with Gasteiger partial charge in [0, 0.05) is 44.0 Å². The Morgan fingerprint density at radius 3 is 2.48 bits per heavy atom. The summed E-state index contributed by atoms with van der Waals surface area (Å²) in [7, 11) is 0. The molecule has 1 N–H and O–H groups in total. The largest absolute Gasteiger partial charge is 0.372 e. The van der Waals surface area contributed by atoms with Gasteiger partial charge in [-0.25, -0.2) is 4.39 Å². The smallest absolute Gasteiger partial charge is 0.227 e. The van der Waals surface area contributed by atoms with E-state index in [1.807, 2.05) is 24.3 Å². The third-order valence-corrected chi connectivity index (χ3v) is 5.44. The van der Waals surface area contributed by atoms with Crippen molar-refractivity contribution < 1.29 is 14.0 Å². The summed E-state index contributed by atoms with van der Waals surface area (Å²) in [6.45, 7) is 6.78. The molecule has 2 amide bonds. The predicted molar refractivity (Wildman–Crippen MR) is 114 cm³/mol. The van der Waals surface area contributed by atoms with Gasteiger partial charge in [-0.2, -0.15) is 0 Å². The van der Waals surface area contributed by atoms with Gasteiger partial charge in [0.1, 0.15) is 5.82 Å². The van der Waals surface area contributed by atoms with E-state index in [1.54, 1.807) is 23.1 Å². The first-order valence-corrected chi connectivity index (χ1v) is 10.2. The first-order chi connectivity index (χ1) is 14.0. The molecule has 0 radical (unpaired) electrons. The summed E-state index contributed by atoms with van der Waals surface area (Å²) < 4.78 is 13.7. The molecule has 1 saturated heterocycles. The molecule has 5 nitrogen and oxygen atoms in total. The van der Waals surface area contributed by atoms with Crippen LogP contribution in [0, 0.1) is 11.7 Å². The van der Waals surface area contributed by atoms with E-state index in [0.717, 1.165) is 24.5 Å². The van der Waals surface area contributed by atoms with Crippen LogP contribution in [0.5, 0.6) is 0 Å². The van der Waals surface area contributed by atoms with Crippen LogP contribution in [0.1, 0.15) is 25.8 Å². The summed E-state index contributed by atoms with van der Waals surface area (Å²) in [6, 6.07) is 14.4. The van der Waals surface area contributed by atoms with Crippen LogP contribution in [0.4, 0.5) is 15.8 Å². The Hall–Kier alpha value is -2.89. The maximum atomic E-state index is 13.7. The van der Waals surface area contributed by atoms with Gasteiger partial charge in [0.15, 0.2) is 0 Å². The van der Waals surface area contributed by atoms with E-state index in [0.29, 0.717) is 25.1 Å². The number of hydrogen-bond acceptors (Lipinski definition) is 3. The summed E-state index contributed by atoms with van der Waals surface area (Å²) in [5.74, 6) is -0.852. The van der Waals surface area contributed by atoms with Gasteiger partial charge in [0.05, 0.1) is 5.92 Å². The molecule has 1 aliphatic rings. The fourth-order valence-corrected chi connectivity index (χ4v) is 3.73. The van der Waals surface area contributed by atoms with E-state index < -0.39 is 0 Å². The Labute approximate surface area is 171 Å². The zero-order valence-corrected chi connectivity index (χ0v) is 17.0. The molecule has 0 bridgehead atoms. The lowest BCUT2D eigenvalue weighted by atomic mass is 10.1. The number of halogens is 1. The summed E-state index contributed by atoms with van der Waals surface area (Å²) in [5.41, 5.74) is 2.51. The molecule has 1 heterocycles. The number of anilines is 2. The minimum atomic E-state index is -0.384. The van der Waals surface area contributed by atoms with E-state index in [4.69, 9.17) is 0 Å². The molecule has 154 valence electrons. The third-order valence-electron chi connectivity index (χ3n) is 5.44. The molecule has 2 aromatic rings. The van der Waals surface area contributed by atoms with Gasteiger partial charge < -0.3 is 15.1 Å². The monoisotopic (exact) mass is 397 g/mol. The van der Waals surface area contributed by atoms with Crippen molar-refractivity contribution in [1.82, 2.24) is 5.32 Å². The van der Waals surface area contributed by atoms with E-state index in [9.17, 15) is 14.0 Å². The van der Waals surface area contributed by atoms with Crippen LogP contribution < -0.4 is 15.1 Å². The number of nitrogens with one attached hydrogen (secondary N) is 1. The lowest BCUT2D eigenvalue weighted by Gasteiger charge is -2.22. The molecule has 1 unspecified atom stereocenters. The number of nitrogens with zero attached hydrogens (tertiary/aromatic N) is 2. The molecule has 0 aliphatic carbocycles. The first kappa shape index (κ1) is 20.8. The lowest BCUT2D eigenvalue weighted by molar-refractivity contribution is -0.126. The van der Waals surface area contributed by atoms with Crippen molar-refractivity contribution in [2.24, 2.45) is 5.92 Å². The molecule has 1 atom stereocenters. The van der Waals surface area contributed by atoms with Crippen molar-refractivity contribution >= 4 is 23.2 Å². The maximum absolute atomic E-state index is 13.7. The number of benzene rings is 2. The van der Waals surface area contributed by atoms with Crippen LogP contribution in [-0.4, -0.2) is 38.0 Å². The number of amides is 2. The quantitative estimate of drug-likeness (QED) is 0.743. The van der Waals surface area contributed by atoms with Gasteiger partial charge in [-0.15, -0.1) is 0 Å². The van der Waals surface area contributed by atoms with Crippen LogP contribution in [0.3, 0.4) is 0 Å². The average Bonchev–Trinajstić information content (AvgIpc) is 3.12. The van der Waals surface area contributed by atoms with Crippen molar-refractivity contribution in [3.05, 3.63) is 59.9 Å². The van der Waals surface area contributed by atoms with Crippen molar-refractivity contribution in [3.8, 4) is 0 Å². The highest BCUT2D eigenvalue weighted by Crippen LogP contribution is 2.27. The normalized spacial score (nSPS) is 16.2. The van der Waals surface area contributed by atoms with Crippen molar-refractivity contribution in [2.45, 2.75) is 26.7 Å². The van der Waals surface area contributed by atoms with Crippen molar-refractivity contribution in [1.29, 1.82) is 0 Å². The van der Waals surface area contributed by atoms with Crippen LogP contribution >= 0.6 is 0 Å². The zero-order valence-electron chi connectivity index (χ0n) is 17.0. The fourth-order valence-electron chi connectivity index (χ4n) is 3.73. The van der Waals surface area contributed by atoms with Gasteiger partial charge in [-0.1, -0.05) is 18.2 Å². The third kappa shape index (κ3) is 4.94. The molecule has 0 aromatic heterocycles. The molecular weight excluding hydrogens is 369 g/mol. The van der Waals surface area contributed by atoms with Gasteiger partial charge in [0.2, 0.25) is 11.8 Å². The highest BCUT2D eigenvalue weighted by atomic mass is 19.1. The zero-order chi connectivity index (χ0) is 20.8. The van der Waals surface area contributed by atoms with Crippen LogP contribution in [0.15, 0.2) is 48.5 Å². The van der Waals surface area contributed by atoms with Gasteiger partial charge in [-0.3, -0.25) is 9.59 Å². The first-order valence-electron chi connectivity index (χ1n) is 10.2. The van der Waals surface area contributed by atoms with E-state index >= 15 is 0 Å². The lowest BCUT2D eigenvalue weighted by Crippen LogP contribution is -2.34. The van der Waals surface area contributed by atoms with Gasteiger partial charge >= 0.3 is 0 Å². The SMILES string of the molecule is CCN(CC)c1ccc(N2CC(C(=O)NCCc3ccccc3F)CC2=O)cc1. The topological polar surface area (TPSA) is 52.6 Å². The average molecular weight is 397 g/mol. The second-order valence-corrected chi connectivity index (χ2v) is 7.23. The Bertz CT molecular complexity index is 849. The molecule has 1 fully saturated rings. The van der Waals surface area contributed by atoms with Crippen LogP contribution in [0.25, 0.3) is 0 Å². The van der Waals surface area contributed by atoms with E-state index in [-0.39, 0.29) is 30.0 Å². The predicted octanol–water partition coefficient (Wildman–Crippen LogP) is 3.38. The number of hydrogen-bond donors (Lipinski definition) is 1. The molecule has 0 spiro atoms. The fraction of sp³-hybridized carbons (Fsp3) is 0.391. The molecule has 6 heteroatoms. The Morgan fingerprint density at radius 1 is 1.14 bits per heavy atom. The maximum Gasteiger partial charge on any atom is 0.227 e. The number of rotatable bonds is 8. The summed E-state index contributed by atoms with van der Waals surface area (Å²) >= 11 is 0. The van der Waals surface area contributed by atoms with Crippen molar-refractivity contribution in [2.75, 3.05) is 36.0 Å². The highest BCUT2D eigenvalue weighted by Gasteiger charge is 2.35. The summed E-state index contributed by atoms with van der Waals surface area (Å²) in [5, 5.41) is 2.84. The Balaban J connectivity index is 1.55. The standard InChI is InChI=1S/C23H28FN3O2/c1-3-26(4-2)19-9-11-20(12-10-19)27-16-18(15-22(27)28)23(29)25-14-13-17-7-5-6-8-21(17)24/h5-12,18H,3-4,13-16H2,1-2H3,(H,25,29). The van der Waals surface area contributed by atoms with E-state index in [2.05, 4.69) is 24.1 Å². The van der Waals surface area contributed by atoms with E-state index in [1.165, 1.54) is 6.07 Å².